The Morgan fingerprint density at radius 2 is 1.69 bits per heavy atom. The van der Waals surface area contributed by atoms with Gasteiger partial charge in [-0.05, 0) is 55.9 Å². The Bertz CT molecular complexity index is 1230. The monoisotopic (exact) mass is 537 g/mol. The van der Waals surface area contributed by atoms with Gasteiger partial charge in [-0.2, -0.15) is 0 Å². The summed E-state index contributed by atoms with van der Waals surface area (Å²) < 4.78 is 17.8. The van der Waals surface area contributed by atoms with E-state index in [2.05, 4.69) is 33.4 Å². The normalized spacial score (nSPS) is 14.9. The van der Waals surface area contributed by atoms with Gasteiger partial charge in [0.1, 0.15) is 6.61 Å². The Morgan fingerprint density at radius 3 is 2.37 bits per heavy atom. The van der Waals surface area contributed by atoms with E-state index >= 15 is 0 Å². The molecule has 2 N–H and O–H groups in total. The van der Waals surface area contributed by atoms with E-state index in [1.165, 1.54) is 0 Å². The summed E-state index contributed by atoms with van der Waals surface area (Å²) in [6.07, 6.45) is -0.245. The fraction of sp³-hybridized carbons (Fsp3) is 0.259. The van der Waals surface area contributed by atoms with Crippen molar-refractivity contribution >= 4 is 28.0 Å². The fourth-order valence-electron chi connectivity index (χ4n) is 4.66. The molecule has 7 nitrogen and oxygen atoms in total. The maximum Gasteiger partial charge on any atom is 0.407 e. The van der Waals surface area contributed by atoms with E-state index in [4.69, 9.17) is 14.2 Å². The number of carbonyl (C=O) groups is 2. The molecule has 1 aliphatic heterocycles. The van der Waals surface area contributed by atoms with Crippen molar-refractivity contribution in [1.82, 2.24) is 5.32 Å². The fourth-order valence-corrected chi connectivity index (χ4v) is 5.24. The minimum Gasteiger partial charge on any atom is -0.490 e. The van der Waals surface area contributed by atoms with Crippen LogP contribution in [0.4, 0.5) is 4.79 Å². The standard InChI is InChI=1S/C27H24BrNO6/c28-22-12-16(13-24-26(22)34-11-5-10-33-24)23(14-25(30)31)29-27(32)35-15-21-19-8-3-1-6-17(19)18-7-2-4-9-20(18)21/h1-4,6-9,12-13,21,23H,5,10-11,14-15H2,(H,29,32)(H,30,31)/t23-/m1/s1. The molecular weight excluding hydrogens is 514 g/mol. The van der Waals surface area contributed by atoms with E-state index in [1.807, 2.05) is 36.4 Å². The number of rotatable bonds is 6. The number of nitrogens with one attached hydrogen (secondary N) is 1. The molecule has 0 bridgehead atoms. The number of carboxylic acids is 1. The maximum atomic E-state index is 12.8. The summed E-state index contributed by atoms with van der Waals surface area (Å²) in [5.41, 5.74) is 5.07. The predicted octanol–water partition coefficient (Wildman–Crippen LogP) is 5.66. The quantitative estimate of drug-likeness (QED) is 0.421. The summed E-state index contributed by atoms with van der Waals surface area (Å²) >= 11 is 3.48. The third-order valence-electron chi connectivity index (χ3n) is 6.24. The molecule has 1 atom stereocenters. The zero-order valence-electron chi connectivity index (χ0n) is 18.8. The smallest absolute Gasteiger partial charge is 0.407 e. The van der Waals surface area contributed by atoms with Crippen LogP contribution in [0.15, 0.2) is 65.1 Å². The number of hydrogen-bond donors (Lipinski definition) is 2. The van der Waals surface area contributed by atoms with Crippen molar-refractivity contribution in [3.63, 3.8) is 0 Å². The number of hydrogen-bond acceptors (Lipinski definition) is 5. The second-order valence-corrected chi connectivity index (χ2v) is 9.36. The van der Waals surface area contributed by atoms with Crippen LogP contribution in [0, 0.1) is 0 Å². The first kappa shape index (κ1) is 23.2. The largest absolute Gasteiger partial charge is 0.490 e. The molecule has 1 heterocycles. The molecule has 35 heavy (non-hydrogen) atoms. The van der Waals surface area contributed by atoms with Crippen LogP contribution < -0.4 is 14.8 Å². The molecule has 180 valence electrons. The number of benzene rings is 3. The molecule has 0 fully saturated rings. The molecule has 3 aromatic rings. The molecule has 0 saturated heterocycles. The molecule has 8 heteroatoms. The van der Waals surface area contributed by atoms with Crippen LogP contribution in [0.2, 0.25) is 0 Å². The molecule has 0 spiro atoms. The highest BCUT2D eigenvalue weighted by Gasteiger charge is 2.30. The minimum atomic E-state index is -1.04. The molecule has 1 aliphatic carbocycles. The predicted molar refractivity (Wildman–Crippen MR) is 133 cm³/mol. The van der Waals surface area contributed by atoms with Crippen molar-refractivity contribution in [2.45, 2.75) is 24.8 Å². The topological polar surface area (TPSA) is 94.1 Å². The van der Waals surface area contributed by atoms with Crippen LogP contribution in [-0.2, 0) is 9.53 Å². The van der Waals surface area contributed by atoms with E-state index in [1.54, 1.807) is 12.1 Å². The van der Waals surface area contributed by atoms with Gasteiger partial charge in [-0.15, -0.1) is 0 Å². The van der Waals surface area contributed by atoms with E-state index in [0.29, 0.717) is 34.7 Å². The SMILES string of the molecule is O=C(O)C[C@@H](NC(=O)OCC1c2ccccc2-c2ccccc21)c1cc(Br)c2c(c1)OCCCO2. The average molecular weight is 538 g/mol. The third-order valence-corrected chi connectivity index (χ3v) is 6.83. The third kappa shape index (κ3) is 4.84. The summed E-state index contributed by atoms with van der Waals surface area (Å²) in [5, 5.41) is 12.2. The lowest BCUT2D eigenvalue weighted by Gasteiger charge is -2.21. The summed E-state index contributed by atoms with van der Waals surface area (Å²) in [5.74, 6) is -0.0477. The second-order valence-electron chi connectivity index (χ2n) is 8.50. The molecule has 0 aromatic heterocycles. The Labute approximate surface area is 211 Å². The highest BCUT2D eigenvalue weighted by molar-refractivity contribution is 9.10. The van der Waals surface area contributed by atoms with Crippen molar-refractivity contribution in [3.05, 3.63) is 81.8 Å². The minimum absolute atomic E-state index is 0.0849. The van der Waals surface area contributed by atoms with Gasteiger partial charge in [0.15, 0.2) is 11.5 Å². The highest BCUT2D eigenvalue weighted by atomic mass is 79.9. The zero-order chi connectivity index (χ0) is 24.4. The molecule has 0 unspecified atom stereocenters. The van der Waals surface area contributed by atoms with Gasteiger partial charge in [0.25, 0.3) is 0 Å². The van der Waals surface area contributed by atoms with Crippen LogP contribution in [0.25, 0.3) is 11.1 Å². The summed E-state index contributed by atoms with van der Waals surface area (Å²) in [7, 11) is 0. The van der Waals surface area contributed by atoms with Crippen molar-refractivity contribution in [2.75, 3.05) is 19.8 Å². The maximum absolute atomic E-state index is 12.8. The first-order valence-corrected chi connectivity index (χ1v) is 12.2. The first-order chi connectivity index (χ1) is 17.0. The van der Waals surface area contributed by atoms with Gasteiger partial charge in [0.2, 0.25) is 0 Å². The Balaban J connectivity index is 1.33. The lowest BCUT2D eigenvalue weighted by atomic mass is 9.98. The van der Waals surface area contributed by atoms with Crippen molar-refractivity contribution < 1.29 is 28.9 Å². The number of halogens is 1. The van der Waals surface area contributed by atoms with Crippen molar-refractivity contribution in [3.8, 4) is 22.6 Å². The van der Waals surface area contributed by atoms with E-state index in [9.17, 15) is 14.7 Å². The van der Waals surface area contributed by atoms with Crippen LogP contribution in [0.5, 0.6) is 11.5 Å². The number of carbonyl (C=O) groups excluding carboxylic acids is 1. The molecule has 1 amide bonds. The van der Waals surface area contributed by atoms with Gasteiger partial charge in [-0.1, -0.05) is 48.5 Å². The lowest BCUT2D eigenvalue weighted by molar-refractivity contribution is -0.137. The Kier molecular flexibility index (Phi) is 6.63. The van der Waals surface area contributed by atoms with Crippen LogP contribution in [0.3, 0.4) is 0 Å². The number of fused-ring (bicyclic) bond motifs is 4. The average Bonchev–Trinajstić information content (AvgIpc) is 2.97. The zero-order valence-corrected chi connectivity index (χ0v) is 20.4. The Morgan fingerprint density at radius 1 is 1.03 bits per heavy atom. The lowest BCUT2D eigenvalue weighted by Crippen LogP contribution is -2.31. The second kappa shape index (κ2) is 10.00. The highest BCUT2D eigenvalue weighted by Crippen LogP contribution is 2.44. The van der Waals surface area contributed by atoms with E-state index in [-0.39, 0.29) is 18.9 Å². The van der Waals surface area contributed by atoms with Gasteiger partial charge in [-0.3, -0.25) is 4.79 Å². The molecule has 2 aliphatic rings. The van der Waals surface area contributed by atoms with Crippen LogP contribution in [-0.4, -0.2) is 37.0 Å². The number of aliphatic carboxylic acids is 1. The van der Waals surface area contributed by atoms with E-state index < -0.39 is 18.1 Å². The molecular formula is C27H24BrNO6. The van der Waals surface area contributed by atoms with Crippen molar-refractivity contribution in [2.24, 2.45) is 0 Å². The Hall–Kier alpha value is -3.52. The van der Waals surface area contributed by atoms with Crippen LogP contribution >= 0.6 is 15.9 Å². The summed E-state index contributed by atoms with van der Waals surface area (Å²) in [6, 6.07) is 18.8. The number of alkyl carbamates (subject to hydrolysis) is 1. The molecule has 0 radical (unpaired) electrons. The van der Waals surface area contributed by atoms with Crippen LogP contribution in [0.1, 0.15) is 41.5 Å². The molecule has 3 aromatic carbocycles. The summed E-state index contributed by atoms with van der Waals surface area (Å²) in [4.78, 5) is 24.4. The van der Waals surface area contributed by atoms with Crippen molar-refractivity contribution in [1.29, 1.82) is 0 Å². The molecule has 5 rings (SSSR count). The van der Waals surface area contributed by atoms with Gasteiger partial charge in [-0.25, -0.2) is 4.79 Å². The summed E-state index contributed by atoms with van der Waals surface area (Å²) in [6.45, 7) is 1.16. The van der Waals surface area contributed by atoms with Gasteiger partial charge in [0.05, 0.1) is 30.1 Å². The number of amides is 1. The first-order valence-electron chi connectivity index (χ1n) is 11.4. The van der Waals surface area contributed by atoms with Gasteiger partial charge < -0.3 is 24.6 Å². The van der Waals surface area contributed by atoms with Gasteiger partial charge in [0, 0.05) is 12.3 Å². The molecule has 0 saturated carbocycles. The van der Waals surface area contributed by atoms with E-state index in [0.717, 1.165) is 28.7 Å². The van der Waals surface area contributed by atoms with Gasteiger partial charge >= 0.3 is 12.1 Å². The number of carboxylic acid groups (broad SMARTS) is 1. The number of ether oxygens (including phenoxy) is 3.